The van der Waals surface area contributed by atoms with Gasteiger partial charge in [-0.2, -0.15) is 0 Å². The van der Waals surface area contributed by atoms with Crippen molar-refractivity contribution in [3.8, 4) is 0 Å². The molecule has 22 aliphatic rings. The molecule has 24 rings (SSSR count). The standard InChI is InChI=1S/C50H68N4O34/c55-11-21-39-29(63)35(69)49(81-21)88-42-24(14-58)80-48(34(68)28(42)62)84-38-20(10-52-44(72)16-3-7-18(8-4-16)54(75)76)78-46(32(66)26(38)60)86-40-22(12-56)82-50(36(70)30(40)64)87-41-23(13-57)79-47(33(67)27(41)61)83-37-19(77-45(85-39)31(65)25(37)59)9-51-43(71)15-1-5-17(6-2-15)53(73)74/h1-8,19-42,45-50,55-70H,9-14H2,(H,51,71)(H,52,72)/t19-,20-,21-,22-,23-,24-,25-,26-,27-,28-,29-,30-,31-,32-,33-,34-,35-,36-,37-,38-,39-,40-,41-,42-,45-,46-,47-,48-,49-,50-/m1/s1. The van der Waals surface area contributed by atoms with E-state index in [0.717, 1.165) is 48.5 Å². The maximum Gasteiger partial charge on any atom is 0.269 e. The fraction of sp³-hybridized carbons (Fsp3) is 0.720. The summed E-state index contributed by atoms with van der Waals surface area (Å²) < 4.78 is 70.2. The molecule has 22 heterocycles. The first kappa shape index (κ1) is 67.5. The summed E-state index contributed by atoms with van der Waals surface area (Å²) in [6.45, 7) is -5.88. The van der Waals surface area contributed by atoms with Crippen LogP contribution >= 0.6 is 0 Å². The average molecular weight is 1270 g/mol. The van der Waals surface area contributed by atoms with Crippen LogP contribution in [-0.4, -0.2) is 327 Å². The lowest BCUT2D eigenvalue weighted by Crippen LogP contribution is -2.69. The summed E-state index contributed by atoms with van der Waals surface area (Å²) in [4.78, 5) is 47.9. The lowest BCUT2D eigenvalue weighted by atomic mass is 9.94. The molecule has 30 atom stereocenters. The Kier molecular flexibility index (Phi) is 22.0. The van der Waals surface area contributed by atoms with Gasteiger partial charge < -0.3 is 149 Å². The zero-order chi connectivity index (χ0) is 63.7. The number of nitro groups is 2. The minimum absolute atomic E-state index is 0.142. The first-order chi connectivity index (χ1) is 41.9. The number of rotatable bonds is 12. The van der Waals surface area contributed by atoms with Gasteiger partial charge in [0.1, 0.15) is 146 Å². The van der Waals surface area contributed by atoms with Crippen LogP contribution in [0.25, 0.3) is 0 Å². The van der Waals surface area contributed by atoms with E-state index in [9.17, 15) is 112 Å². The predicted molar refractivity (Wildman–Crippen MR) is 272 cm³/mol. The molecule has 22 aliphatic heterocycles. The summed E-state index contributed by atoms with van der Waals surface area (Å²) in [5, 5.41) is 209. The van der Waals surface area contributed by atoms with Crippen LogP contribution in [0, 0.1) is 20.2 Å². The zero-order valence-corrected chi connectivity index (χ0v) is 45.6. The van der Waals surface area contributed by atoms with Crippen molar-refractivity contribution in [3.63, 3.8) is 0 Å². The predicted octanol–water partition coefficient (Wildman–Crippen LogP) is -10.4. The molecule has 492 valence electrons. The highest BCUT2D eigenvalue weighted by Gasteiger charge is 2.59. The largest absolute Gasteiger partial charge is 0.394 e. The number of amides is 2. The van der Waals surface area contributed by atoms with Crippen molar-refractivity contribution in [1.29, 1.82) is 0 Å². The molecule has 18 N–H and O–H groups in total. The maximum absolute atomic E-state index is 13.4. The number of nitrogens with one attached hydrogen (secondary N) is 2. The first-order valence-electron chi connectivity index (χ1n) is 27.4. The molecule has 38 nitrogen and oxygen atoms in total. The topological polar surface area (TPSA) is 579 Å². The Balaban J connectivity index is 1.03. The summed E-state index contributed by atoms with van der Waals surface area (Å²) in [6, 6.07) is 8.44. The quantitative estimate of drug-likeness (QED) is 0.0693. The fourth-order valence-electron chi connectivity index (χ4n) is 11.0. The Morgan fingerprint density at radius 3 is 0.716 bits per heavy atom. The lowest BCUT2D eigenvalue weighted by Gasteiger charge is -2.51. The summed E-state index contributed by atoms with van der Waals surface area (Å²) in [7, 11) is 0. The number of nitrogens with zero attached hydrogens (tertiary/aromatic N) is 2. The number of hydrogen-bond acceptors (Lipinski definition) is 34. The molecular weight excluding hydrogens is 1200 g/mol. The van der Waals surface area contributed by atoms with Gasteiger partial charge in [-0.3, -0.25) is 29.8 Å². The van der Waals surface area contributed by atoms with Crippen LogP contribution in [-0.2, 0) is 56.8 Å². The number of carbonyl (C=O) groups is 2. The highest BCUT2D eigenvalue weighted by atomic mass is 16.8. The van der Waals surface area contributed by atoms with Gasteiger partial charge in [-0.05, 0) is 24.3 Å². The third-order valence-corrected chi connectivity index (χ3v) is 15.9. The number of non-ortho nitro benzene ring substituents is 2. The van der Waals surface area contributed by atoms with E-state index in [1.807, 2.05) is 0 Å². The molecule has 38 heteroatoms. The third kappa shape index (κ3) is 13.9. The number of carbonyl (C=O) groups excluding carboxylic acids is 2. The van der Waals surface area contributed by atoms with E-state index in [2.05, 4.69) is 10.6 Å². The van der Waals surface area contributed by atoms with Gasteiger partial charge in [0.25, 0.3) is 23.2 Å². The molecule has 0 aromatic heterocycles. The lowest BCUT2D eigenvalue weighted by molar-refractivity contribution is -0.402. The highest BCUT2D eigenvalue weighted by molar-refractivity contribution is 5.95. The number of benzene rings is 2. The Morgan fingerprint density at radius 1 is 0.330 bits per heavy atom. The fourth-order valence-corrected chi connectivity index (χ4v) is 11.0. The Hall–Kier alpha value is -4.94. The number of ether oxygens (including phenoxy) is 12. The van der Waals surface area contributed by atoms with Crippen molar-refractivity contribution in [1.82, 2.24) is 10.6 Å². The van der Waals surface area contributed by atoms with E-state index in [0.29, 0.717) is 0 Å². The van der Waals surface area contributed by atoms with Gasteiger partial charge in [-0.1, -0.05) is 0 Å². The Bertz CT molecular complexity index is 2490. The van der Waals surface area contributed by atoms with Crippen molar-refractivity contribution >= 4 is 23.2 Å². The van der Waals surface area contributed by atoms with E-state index in [-0.39, 0.29) is 22.5 Å². The van der Waals surface area contributed by atoms with Crippen LogP contribution in [0.5, 0.6) is 0 Å². The highest BCUT2D eigenvalue weighted by Crippen LogP contribution is 2.38. The molecule has 0 spiro atoms. The van der Waals surface area contributed by atoms with Gasteiger partial charge in [0.05, 0.1) is 36.3 Å². The number of nitro benzene ring substituents is 2. The Labute approximate surface area is 494 Å². The summed E-state index contributed by atoms with van der Waals surface area (Å²) in [5.41, 5.74) is -1.03. The van der Waals surface area contributed by atoms with Crippen LogP contribution in [0.4, 0.5) is 11.4 Å². The van der Waals surface area contributed by atoms with Gasteiger partial charge in [-0.25, -0.2) is 0 Å². The molecule has 2 aromatic rings. The SMILES string of the molecule is O=C(NC[C@H]1O[C@@H]2O[C@H]3[C@H](O)[C@@H](O)[C@@H](O[C@H]4[C@H](O)[C@@H](O)[C@@H](O[C@H]5[C@H](O)[C@@H](O)[C@@H](O[C@H]6[C@H](O)[C@@H](O)[C@@H](O[C@H]7[C@H](O)[C@@H](O)[C@@H](O[C@H]1[C@H](O)[C@H]2O)O[C@@H]7CO)O[C@@H]6CO)O[C@@H]5CNC(=O)c1ccc([N+](=O)[O-])cc1)O[C@@H]4CO)O[C@@H]3CO)c1ccc([N+](=O)[O-])cc1. The molecule has 2 amide bonds. The van der Waals surface area contributed by atoms with Crippen LogP contribution < -0.4 is 10.6 Å². The second kappa shape index (κ2) is 28.7. The number of hydrogen-bond donors (Lipinski definition) is 18. The number of aliphatic hydroxyl groups excluding tert-OH is 16. The maximum atomic E-state index is 13.4. The van der Waals surface area contributed by atoms with Crippen molar-refractivity contribution in [2.45, 2.75) is 184 Å². The van der Waals surface area contributed by atoms with Gasteiger partial charge in [-0.15, -0.1) is 0 Å². The second-order valence-corrected chi connectivity index (χ2v) is 21.5. The summed E-state index contributed by atoms with van der Waals surface area (Å²) >= 11 is 0. The molecule has 0 saturated carbocycles. The smallest absolute Gasteiger partial charge is 0.269 e. The average Bonchev–Trinajstić information content (AvgIpc) is 1.86. The van der Waals surface area contributed by atoms with E-state index in [1.165, 1.54) is 0 Å². The Morgan fingerprint density at radius 2 is 0.523 bits per heavy atom. The first-order valence-corrected chi connectivity index (χ1v) is 27.4. The molecule has 88 heavy (non-hydrogen) atoms. The van der Waals surface area contributed by atoms with E-state index in [1.54, 1.807) is 0 Å². The monoisotopic (exact) mass is 1270 g/mol. The van der Waals surface area contributed by atoms with E-state index < -0.39 is 245 Å². The van der Waals surface area contributed by atoms with Crippen molar-refractivity contribution in [2.75, 3.05) is 39.5 Å². The normalized spacial score (nSPS) is 44.1. The molecule has 0 radical (unpaired) electrons. The van der Waals surface area contributed by atoms with Crippen LogP contribution in [0.2, 0.25) is 0 Å². The molecule has 0 aliphatic carbocycles. The van der Waals surface area contributed by atoms with Crippen molar-refractivity contribution in [2.24, 2.45) is 0 Å². The minimum Gasteiger partial charge on any atom is -0.394 e. The minimum atomic E-state index is -2.29. The zero-order valence-electron chi connectivity index (χ0n) is 45.6. The van der Waals surface area contributed by atoms with Crippen LogP contribution in [0.15, 0.2) is 48.5 Å². The van der Waals surface area contributed by atoms with Gasteiger partial charge in [0.2, 0.25) is 0 Å². The molecule has 22 saturated heterocycles. The van der Waals surface area contributed by atoms with Crippen LogP contribution in [0.1, 0.15) is 20.7 Å². The summed E-state index contributed by atoms with van der Waals surface area (Å²) in [5.74, 6) is -1.82. The number of aliphatic hydroxyl groups is 16. The van der Waals surface area contributed by atoms with Gasteiger partial charge >= 0.3 is 0 Å². The third-order valence-electron chi connectivity index (χ3n) is 15.9. The van der Waals surface area contributed by atoms with Gasteiger partial charge in [0, 0.05) is 48.5 Å². The summed E-state index contributed by atoms with van der Waals surface area (Å²) in [6.07, 6.45) is -62.5. The molecule has 2 aromatic carbocycles. The molecular formula is C50H68N4O34. The molecule has 12 bridgehead atoms. The van der Waals surface area contributed by atoms with Crippen molar-refractivity contribution < 1.29 is 158 Å². The molecule has 0 unspecified atom stereocenters. The second-order valence-electron chi connectivity index (χ2n) is 21.5. The van der Waals surface area contributed by atoms with Gasteiger partial charge in [0.15, 0.2) is 37.7 Å². The van der Waals surface area contributed by atoms with E-state index >= 15 is 0 Å². The van der Waals surface area contributed by atoms with Crippen LogP contribution in [0.3, 0.4) is 0 Å². The van der Waals surface area contributed by atoms with E-state index in [4.69, 9.17) is 56.8 Å². The van der Waals surface area contributed by atoms with Crippen molar-refractivity contribution in [3.05, 3.63) is 79.9 Å². The molecule has 22 fully saturated rings.